The van der Waals surface area contributed by atoms with Crippen LogP contribution in [0.1, 0.15) is 31.5 Å². The number of hydrogen-bond donors (Lipinski definition) is 2. The van der Waals surface area contributed by atoms with Gasteiger partial charge in [-0.05, 0) is 41.6 Å². The lowest BCUT2D eigenvalue weighted by molar-refractivity contribution is 0.0523. The number of nitrogens with zero attached hydrogens (tertiary/aromatic N) is 2. The minimum Gasteiger partial charge on any atom is -0.381 e. The van der Waals surface area contributed by atoms with Crippen molar-refractivity contribution in [1.82, 2.24) is 15.2 Å². The fraction of sp³-hybridized carbons (Fsp3) is 0.727. The molecule has 96 valence electrons. The van der Waals surface area contributed by atoms with Crippen molar-refractivity contribution in [3.63, 3.8) is 0 Å². The van der Waals surface area contributed by atoms with E-state index in [9.17, 15) is 0 Å². The Morgan fingerprint density at radius 2 is 2.35 bits per heavy atom. The van der Waals surface area contributed by atoms with Crippen molar-refractivity contribution in [3.8, 4) is 0 Å². The molecule has 1 aromatic heterocycles. The van der Waals surface area contributed by atoms with Crippen molar-refractivity contribution in [2.24, 2.45) is 11.8 Å². The number of ether oxygens (including phenoxy) is 1. The lowest BCUT2D eigenvalue weighted by atomic mass is 9.90. The van der Waals surface area contributed by atoms with Crippen molar-refractivity contribution in [1.29, 1.82) is 0 Å². The lowest BCUT2D eigenvalue weighted by Crippen LogP contribution is -2.37. The lowest BCUT2D eigenvalue weighted by Gasteiger charge is -2.30. The third kappa shape index (κ3) is 2.70. The first-order valence-electron chi connectivity index (χ1n) is 6.03. The van der Waals surface area contributed by atoms with E-state index in [0.29, 0.717) is 5.92 Å². The molecule has 0 amide bonds. The smallest absolute Gasteiger partial charge is 0.0711 e. The molecule has 0 bridgehead atoms. The van der Waals surface area contributed by atoms with Crippen LogP contribution in [0.15, 0.2) is 10.7 Å². The number of aryl methyl sites for hydroxylation is 1. The predicted molar refractivity (Wildman–Crippen MR) is 69.2 cm³/mol. The number of nitrogens with two attached hydrogens (primary N) is 1. The molecule has 1 atom stereocenters. The molecule has 2 rings (SSSR count). The van der Waals surface area contributed by atoms with E-state index >= 15 is 0 Å². The Morgan fingerprint density at radius 3 is 2.94 bits per heavy atom. The molecule has 6 heteroatoms. The minimum absolute atomic E-state index is 0.135. The molecule has 0 spiro atoms. The molecule has 1 fully saturated rings. The van der Waals surface area contributed by atoms with Gasteiger partial charge in [-0.1, -0.05) is 0 Å². The quantitative estimate of drug-likeness (QED) is 0.655. The van der Waals surface area contributed by atoms with Gasteiger partial charge in [0.25, 0.3) is 0 Å². The molecule has 3 N–H and O–H groups in total. The zero-order valence-electron chi connectivity index (χ0n) is 10.0. The first-order chi connectivity index (χ1) is 8.27. The molecule has 1 aliphatic rings. The summed E-state index contributed by atoms with van der Waals surface area (Å²) in [4.78, 5) is 0. The molecular formula is C11H19BrN4O. The van der Waals surface area contributed by atoms with E-state index in [0.717, 1.165) is 42.8 Å². The average Bonchev–Trinajstić information content (AvgIpc) is 2.74. The summed E-state index contributed by atoms with van der Waals surface area (Å²) >= 11 is 3.56. The van der Waals surface area contributed by atoms with E-state index in [1.165, 1.54) is 0 Å². The molecule has 17 heavy (non-hydrogen) atoms. The molecule has 1 saturated heterocycles. The maximum atomic E-state index is 5.73. The van der Waals surface area contributed by atoms with Gasteiger partial charge in [0.15, 0.2) is 0 Å². The van der Waals surface area contributed by atoms with Gasteiger partial charge in [-0.25, -0.2) is 0 Å². The normalized spacial score (nSPS) is 19.5. The van der Waals surface area contributed by atoms with E-state index in [-0.39, 0.29) is 6.04 Å². The Hall–Kier alpha value is -0.430. The molecule has 0 radical (unpaired) electrons. The Morgan fingerprint density at radius 1 is 1.65 bits per heavy atom. The van der Waals surface area contributed by atoms with Gasteiger partial charge in [0.2, 0.25) is 0 Å². The molecule has 2 heterocycles. The van der Waals surface area contributed by atoms with Crippen molar-refractivity contribution >= 4 is 15.9 Å². The van der Waals surface area contributed by atoms with Crippen LogP contribution in [0.25, 0.3) is 0 Å². The summed E-state index contributed by atoms with van der Waals surface area (Å²) in [5.41, 5.74) is 4.08. The van der Waals surface area contributed by atoms with Crippen LogP contribution in [-0.4, -0.2) is 23.0 Å². The summed E-state index contributed by atoms with van der Waals surface area (Å²) < 4.78 is 8.41. The van der Waals surface area contributed by atoms with Crippen LogP contribution in [0, 0.1) is 5.92 Å². The van der Waals surface area contributed by atoms with Crippen LogP contribution < -0.4 is 11.3 Å². The highest BCUT2D eigenvalue weighted by Gasteiger charge is 2.28. The Labute approximate surface area is 110 Å². The molecule has 0 aromatic carbocycles. The average molecular weight is 303 g/mol. The van der Waals surface area contributed by atoms with Gasteiger partial charge in [0, 0.05) is 19.8 Å². The topological polar surface area (TPSA) is 65.1 Å². The van der Waals surface area contributed by atoms with Crippen LogP contribution in [0.3, 0.4) is 0 Å². The second kappa shape index (κ2) is 5.95. The van der Waals surface area contributed by atoms with Gasteiger partial charge in [0.1, 0.15) is 0 Å². The maximum absolute atomic E-state index is 5.73. The first kappa shape index (κ1) is 13.0. The van der Waals surface area contributed by atoms with Crippen molar-refractivity contribution in [2.45, 2.75) is 32.4 Å². The second-order valence-electron chi connectivity index (χ2n) is 4.29. The van der Waals surface area contributed by atoms with Gasteiger partial charge in [-0.3, -0.25) is 16.0 Å². The highest BCUT2D eigenvalue weighted by Crippen LogP contribution is 2.33. The van der Waals surface area contributed by atoms with Gasteiger partial charge < -0.3 is 4.74 Å². The van der Waals surface area contributed by atoms with Crippen LogP contribution in [0.4, 0.5) is 0 Å². The third-order valence-corrected chi connectivity index (χ3v) is 3.96. The standard InChI is InChI=1S/C11H19BrN4O/c1-2-16-11(9(12)7-14-16)10(15-13)8-3-5-17-6-4-8/h7-8,10,15H,2-6,13H2,1H3. The first-order valence-corrected chi connectivity index (χ1v) is 6.82. The second-order valence-corrected chi connectivity index (χ2v) is 5.14. The molecule has 1 aliphatic heterocycles. The zero-order valence-corrected chi connectivity index (χ0v) is 11.6. The van der Waals surface area contributed by atoms with Crippen LogP contribution in [-0.2, 0) is 11.3 Å². The van der Waals surface area contributed by atoms with E-state index in [1.807, 2.05) is 10.9 Å². The molecule has 0 saturated carbocycles. The fourth-order valence-electron chi connectivity index (χ4n) is 2.42. The van der Waals surface area contributed by atoms with E-state index in [1.54, 1.807) is 0 Å². The van der Waals surface area contributed by atoms with E-state index < -0.39 is 0 Å². The number of aromatic nitrogens is 2. The number of hydrogen-bond acceptors (Lipinski definition) is 4. The van der Waals surface area contributed by atoms with E-state index in [2.05, 4.69) is 33.4 Å². The van der Waals surface area contributed by atoms with Gasteiger partial charge >= 0.3 is 0 Å². The van der Waals surface area contributed by atoms with Crippen LogP contribution in [0.5, 0.6) is 0 Å². The molecule has 1 unspecified atom stereocenters. The SMILES string of the molecule is CCn1ncc(Br)c1C(NN)C1CCOCC1. The van der Waals surface area contributed by atoms with Gasteiger partial charge in [-0.15, -0.1) is 0 Å². The Balaban J connectivity index is 2.23. The zero-order chi connectivity index (χ0) is 12.3. The summed E-state index contributed by atoms with van der Waals surface area (Å²) in [5, 5.41) is 4.34. The molecular weight excluding hydrogens is 284 g/mol. The minimum atomic E-state index is 0.135. The van der Waals surface area contributed by atoms with Crippen LogP contribution in [0.2, 0.25) is 0 Å². The van der Waals surface area contributed by atoms with E-state index in [4.69, 9.17) is 10.6 Å². The summed E-state index contributed by atoms with van der Waals surface area (Å²) in [6.45, 7) is 4.57. The highest BCUT2D eigenvalue weighted by molar-refractivity contribution is 9.10. The molecule has 5 nitrogen and oxygen atoms in total. The monoisotopic (exact) mass is 302 g/mol. The van der Waals surface area contributed by atoms with Crippen molar-refractivity contribution in [2.75, 3.05) is 13.2 Å². The Bertz CT molecular complexity index is 362. The van der Waals surface area contributed by atoms with Crippen molar-refractivity contribution in [3.05, 3.63) is 16.4 Å². The number of hydrazine groups is 1. The summed E-state index contributed by atoms with van der Waals surface area (Å²) in [6, 6.07) is 0.135. The van der Waals surface area contributed by atoms with Crippen molar-refractivity contribution < 1.29 is 4.74 Å². The fourth-order valence-corrected chi connectivity index (χ4v) is 2.96. The number of halogens is 1. The largest absolute Gasteiger partial charge is 0.381 e. The number of rotatable bonds is 4. The number of nitrogens with one attached hydrogen (secondary N) is 1. The molecule has 1 aromatic rings. The van der Waals surface area contributed by atoms with Gasteiger partial charge in [0.05, 0.1) is 22.4 Å². The van der Waals surface area contributed by atoms with Gasteiger partial charge in [-0.2, -0.15) is 5.10 Å². The third-order valence-electron chi connectivity index (χ3n) is 3.34. The maximum Gasteiger partial charge on any atom is 0.0711 e. The summed E-state index contributed by atoms with van der Waals surface area (Å²) in [7, 11) is 0. The summed E-state index contributed by atoms with van der Waals surface area (Å²) in [5.74, 6) is 6.24. The molecule has 0 aliphatic carbocycles. The predicted octanol–water partition coefficient (Wildman–Crippen LogP) is 1.60. The highest BCUT2D eigenvalue weighted by atomic mass is 79.9. The Kier molecular flexibility index (Phi) is 4.55. The summed E-state index contributed by atoms with van der Waals surface area (Å²) in [6.07, 6.45) is 3.91. The van der Waals surface area contributed by atoms with Crippen LogP contribution >= 0.6 is 15.9 Å².